The summed E-state index contributed by atoms with van der Waals surface area (Å²) in [6.45, 7) is 6.19. The fraction of sp³-hybridized carbons (Fsp3) is 0.778. The summed E-state index contributed by atoms with van der Waals surface area (Å²) in [6.07, 6.45) is 0.283. The summed E-state index contributed by atoms with van der Waals surface area (Å²) in [5.41, 5.74) is 4.75. The number of primary amides is 1. The summed E-state index contributed by atoms with van der Waals surface area (Å²) in [5, 5.41) is 11.6. The van der Waals surface area contributed by atoms with Crippen LogP contribution in [-0.4, -0.2) is 18.0 Å². The van der Waals surface area contributed by atoms with E-state index in [1.807, 2.05) is 20.8 Å². The van der Waals surface area contributed by atoms with E-state index in [9.17, 15) is 4.79 Å². The molecule has 0 aromatic carbocycles. The number of hydrogen-bond acceptors (Lipinski definition) is 3. The van der Waals surface area contributed by atoms with Gasteiger partial charge in [-0.1, -0.05) is 0 Å². The van der Waals surface area contributed by atoms with Crippen LogP contribution in [0.4, 0.5) is 0 Å². The Balaban J connectivity index is 3.90. The molecule has 0 saturated heterocycles. The molecule has 3 N–H and O–H groups in total. The first-order chi connectivity index (χ1) is 5.87. The van der Waals surface area contributed by atoms with Gasteiger partial charge >= 0.3 is 0 Å². The summed E-state index contributed by atoms with van der Waals surface area (Å²) in [6, 6.07) is 2.11. The van der Waals surface area contributed by atoms with Crippen LogP contribution in [0.5, 0.6) is 0 Å². The Hall–Kier alpha value is -1.08. The molecule has 0 aromatic heterocycles. The summed E-state index contributed by atoms with van der Waals surface area (Å²) in [4.78, 5) is 10.6. The first-order valence-electron chi connectivity index (χ1n) is 4.30. The van der Waals surface area contributed by atoms with Crippen LogP contribution in [0.25, 0.3) is 0 Å². The molecule has 1 unspecified atom stereocenters. The minimum Gasteiger partial charge on any atom is -0.370 e. The molecule has 0 bridgehead atoms. The van der Waals surface area contributed by atoms with Gasteiger partial charge in [-0.3, -0.25) is 4.79 Å². The predicted molar refractivity (Wildman–Crippen MR) is 50.7 cm³/mol. The van der Waals surface area contributed by atoms with Crippen molar-refractivity contribution in [3.05, 3.63) is 0 Å². The number of nitrogens with one attached hydrogen (secondary N) is 1. The second kappa shape index (κ2) is 4.83. The Morgan fingerprint density at radius 2 is 2.23 bits per heavy atom. The summed E-state index contributed by atoms with van der Waals surface area (Å²) in [7, 11) is 0. The van der Waals surface area contributed by atoms with E-state index in [0.29, 0.717) is 6.54 Å². The highest BCUT2D eigenvalue weighted by molar-refractivity contribution is 5.74. The van der Waals surface area contributed by atoms with Gasteiger partial charge in [0, 0.05) is 18.5 Å². The molecule has 0 fully saturated rings. The van der Waals surface area contributed by atoms with E-state index >= 15 is 0 Å². The monoisotopic (exact) mass is 183 g/mol. The van der Waals surface area contributed by atoms with Gasteiger partial charge in [0.1, 0.15) is 0 Å². The SMILES string of the molecule is CC(C#N)CNC(C)(C)CC(N)=O. The number of rotatable bonds is 5. The molecule has 0 aliphatic carbocycles. The lowest BCUT2D eigenvalue weighted by Gasteiger charge is -2.25. The average Bonchev–Trinajstić information content (AvgIpc) is 1.98. The van der Waals surface area contributed by atoms with E-state index in [2.05, 4.69) is 11.4 Å². The molecule has 0 rings (SSSR count). The highest BCUT2D eigenvalue weighted by Gasteiger charge is 2.20. The number of nitrogens with zero attached hydrogens (tertiary/aromatic N) is 1. The van der Waals surface area contributed by atoms with Crippen molar-refractivity contribution >= 4 is 5.91 Å². The number of hydrogen-bond donors (Lipinski definition) is 2. The highest BCUT2D eigenvalue weighted by Crippen LogP contribution is 2.07. The lowest BCUT2D eigenvalue weighted by atomic mass is 9.99. The molecule has 1 amide bonds. The van der Waals surface area contributed by atoms with E-state index in [1.54, 1.807) is 0 Å². The summed E-state index contributed by atoms with van der Waals surface area (Å²) < 4.78 is 0. The second-order valence-corrected chi connectivity index (χ2v) is 3.94. The smallest absolute Gasteiger partial charge is 0.219 e. The van der Waals surface area contributed by atoms with Crippen molar-refractivity contribution in [1.82, 2.24) is 5.32 Å². The molecular weight excluding hydrogens is 166 g/mol. The molecule has 1 atom stereocenters. The first kappa shape index (κ1) is 11.9. The Kier molecular flexibility index (Phi) is 4.43. The zero-order valence-corrected chi connectivity index (χ0v) is 8.42. The van der Waals surface area contributed by atoms with Crippen LogP contribution in [-0.2, 0) is 4.79 Å². The standard InChI is InChI=1S/C9H17N3O/c1-7(5-10)6-12-9(2,3)4-8(11)13/h7,12H,4,6H2,1-3H3,(H2,11,13). The highest BCUT2D eigenvalue weighted by atomic mass is 16.1. The van der Waals surface area contributed by atoms with Crippen molar-refractivity contribution in [3.63, 3.8) is 0 Å². The van der Waals surface area contributed by atoms with Crippen LogP contribution in [0.3, 0.4) is 0 Å². The van der Waals surface area contributed by atoms with E-state index in [4.69, 9.17) is 11.0 Å². The van der Waals surface area contributed by atoms with Gasteiger partial charge in [0.05, 0.1) is 12.0 Å². The fourth-order valence-electron chi connectivity index (χ4n) is 0.973. The third-order valence-electron chi connectivity index (χ3n) is 1.72. The van der Waals surface area contributed by atoms with Crippen LogP contribution in [0.15, 0.2) is 0 Å². The maximum absolute atomic E-state index is 10.6. The van der Waals surface area contributed by atoms with Crippen molar-refractivity contribution in [2.75, 3.05) is 6.54 Å². The van der Waals surface area contributed by atoms with Crippen LogP contribution in [0.2, 0.25) is 0 Å². The molecular formula is C9H17N3O. The molecule has 0 heterocycles. The number of carbonyl (C=O) groups excluding carboxylic acids is 1. The Morgan fingerprint density at radius 1 is 1.69 bits per heavy atom. The fourth-order valence-corrected chi connectivity index (χ4v) is 0.973. The number of carbonyl (C=O) groups is 1. The number of amides is 1. The largest absolute Gasteiger partial charge is 0.370 e. The Labute approximate surface area is 79.1 Å². The van der Waals surface area contributed by atoms with Gasteiger partial charge in [-0.2, -0.15) is 5.26 Å². The topological polar surface area (TPSA) is 78.9 Å². The van der Waals surface area contributed by atoms with E-state index in [-0.39, 0.29) is 23.8 Å². The molecule has 0 spiro atoms. The molecule has 4 nitrogen and oxygen atoms in total. The van der Waals surface area contributed by atoms with E-state index in [0.717, 1.165) is 0 Å². The number of nitriles is 1. The lowest BCUT2D eigenvalue weighted by molar-refractivity contribution is -0.119. The first-order valence-corrected chi connectivity index (χ1v) is 4.30. The summed E-state index contributed by atoms with van der Waals surface area (Å²) in [5.74, 6) is -0.380. The second-order valence-electron chi connectivity index (χ2n) is 3.94. The third-order valence-corrected chi connectivity index (χ3v) is 1.72. The van der Waals surface area contributed by atoms with Crippen LogP contribution < -0.4 is 11.1 Å². The molecule has 0 aliphatic heterocycles. The van der Waals surface area contributed by atoms with Crippen molar-refractivity contribution in [2.45, 2.75) is 32.7 Å². The lowest BCUT2D eigenvalue weighted by Crippen LogP contribution is -2.44. The molecule has 0 saturated carbocycles. The molecule has 13 heavy (non-hydrogen) atoms. The molecule has 0 aliphatic rings. The normalized spacial score (nSPS) is 13.4. The molecule has 0 radical (unpaired) electrons. The predicted octanol–water partition coefficient (Wildman–Crippen LogP) is 0.390. The Morgan fingerprint density at radius 3 is 2.62 bits per heavy atom. The van der Waals surface area contributed by atoms with Gasteiger partial charge < -0.3 is 11.1 Å². The molecule has 4 heteroatoms. The zero-order valence-electron chi connectivity index (χ0n) is 8.42. The molecule has 74 valence electrons. The van der Waals surface area contributed by atoms with E-state index in [1.165, 1.54) is 0 Å². The third kappa shape index (κ3) is 6.12. The van der Waals surface area contributed by atoms with Crippen molar-refractivity contribution < 1.29 is 4.79 Å². The van der Waals surface area contributed by atoms with Crippen LogP contribution in [0.1, 0.15) is 27.2 Å². The molecule has 0 aromatic rings. The van der Waals surface area contributed by atoms with Crippen molar-refractivity contribution in [1.29, 1.82) is 5.26 Å². The van der Waals surface area contributed by atoms with Gasteiger partial charge in [-0.25, -0.2) is 0 Å². The minimum absolute atomic E-state index is 0.0489. The van der Waals surface area contributed by atoms with Crippen LogP contribution >= 0.6 is 0 Å². The quantitative estimate of drug-likeness (QED) is 0.647. The van der Waals surface area contributed by atoms with Crippen molar-refractivity contribution in [2.24, 2.45) is 11.7 Å². The Bertz CT molecular complexity index is 217. The average molecular weight is 183 g/mol. The maximum atomic E-state index is 10.6. The zero-order chi connectivity index (χ0) is 10.5. The van der Waals surface area contributed by atoms with Crippen LogP contribution in [0, 0.1) is 17.2 Å². The van der Waals surface area contributed by atoms with Gasteiger partial charge in [-0.15, -0.1) is 0 Å². The number of nitrogens with two attached hydrogens (primary N) is 1. The van der Waals surface area contributed by atoms with E-state index < -0.39 is 0 Å². The maximum Gasteiger partial charge on any atom is 0.219 e. The van der Waals surface area contributed by atoms with Gasteiger partial charge in [0.25, 0.3) is 0 Å². The van der Waals surface area contributed by atoms with Gasteiger partial charge in [-0.05, 0) is 20.8 Å². The van der Waals surface area contributed by atoms with Crippen molar-refractivity contribution in [3.8, 4) is 6.07 Å². The van der Waals surface area contributed by atoms with Gasteiger partial charge in [0.15, 0.2) is 0 Å². The minimum atomic E-state index is -0.331. The van der Waals surface area contributed by atoms with Gasteiger partial charge in [0.2, 0.25) is 5.91 Å². The summed E-state index contributed by atoms with van der Waals surface area (Å²) >= 11 is 0.